The predicted molar refractivity (Wildman–Crippen MR) is 76.6 cm³/mol. The highest BCUT2D eigenvalue weighted by atomic mass is 14.9. The quantitative estimate of drug-likeness (QED) is 0.746. The van der Waals surface area contributed by atoms with Crippen LogP contribution in [-0.4, -0.2) is 12.6 Å². The van der Waals surface area contributed by atoms with Crippen LogP contribution in [0.15, 0.2) is 24.3 Å². The molecule has 1 N–H and O–H groups in total. The summed E-state index contributed by atoms with van der Waals surface area (Å²) in [6.07, 6.45) is 3.53. The van der Waals surface area contributed by atoms with Gasteiger partial charge in [-0.25, -0.2) is 0 Å². The van der Waals surface area contributed by atoms with Crippen molar-refractivity contribution in [3.05, 3.63) is 35.4 Å². The SMILES string of the molecule is CCCNC(C)C(CC)c1ccc(CC)cc1. The standard InChI is InChI=1S/C16H27N/c1-5-12-17-13(4)16(7-3)15-10-8-14(6-2)9-11-15/h8-11,13,16-17H,5-7,12H2,1-4H3. The maximum Gasteiger partial charge on any atom is 0.0107 e. The van der Waals surface area contributed by atoms with E-state index in [2.05, 4.69) is 57.3 Å². The first-order chi connectivity index (χ1) is 8.22. The number of hydrogen-bond acceptors (Lipinski definition) is 1. The van der Waals surface area contributed by atoms with Crippen LogP contribution < -0.4 is 5.32 Å². The summed E-state index contributed by atoms with van der Waals surface area (Å²) in [4.78, 5) is 0. The monoisotopic (exact) mass is 233 g/mol. The number of hydrogen-bond donors (Lipinski definition) is 1. The topological polar surface area (TPSA) is 12.0 Å². The molecule has 2 unspecified atom stereocenters. The normalized spacial score (nSPS) is 14.6. The van der Waals surface area contributed by atoms with Gasteiger partial charge in [-0.1, -0.05) is 45.0 Å². The van der Waals surface area contributed by atoms with Gasteiger partial charge in [0.2, 0.25) is 0 Å². The molecule has 0 radical (unpaired) electrons. The van der Waals surface area contributed by atoms with Crippen molar-refractivity contribution in [2.24, 2.45) is 0 Å². The van der Waals surface area contributed by atoms with Crippen molar-refractivity contribution in [1.82, 2.24) is 5.32 Å². The fourth-order valence-electron chi connectivity index (χ4n) is 2.39. The Bertz CT molecular complexity index is 302. The highest BCUT2D eigenvalue weighted by molar-refractivity contribution is 5.26. The molecule has 0 bridgehead atoms. The summed E-state index contributed by atoms with van der Waals surface area (Å²) in [5.41, 5.74) is 2.90. The van der Waals surface area contributed by atoms with Crippen LogP contribution >= 0.6 is 0 Å². The molecular weight excluding hydrogens is 206 g/mol. The lowest BCUT2D eigenvalue weighted by Gasteiger charge is -2.24. The molecule has 2 atom stereocenters. The van der Waals surface area contributed by atoms with Crippen LogP contribution in [-0.2, 0) is 6.42 Å². The average molecular weight is 233 g/mol. The minimum absolute atomic E-state index is 0.562. The van der Waals surface area contributed by atoms with Crippen LogP contribution in [0.1, 0.15) is 57.6 Å². The first-order valence-corrected chi connectivity index (χ1v) is 7.05. The van der Waals surface area contributed by atoms with Gasteiger partial charge in [-0.3, -0.25) is 0 Å². The molecule has 1 aromatic rings. The lowest BCUT2D eigenvalue weighted by atomic mass is 9.89. The molecule has 1 rings (SSSR count). The Hall–Kier alpha value is -0.820. The minimum Gasteiger partial charge on any atom is -0.314 e. The van der Waals surface area contributed by atoms with E-state index in [4.69, 9.17) is 0 Å². The molecule has 0 fully saturated rings. The van der Waals surface area contributed by atoms with Gasteiger partial charge in [-0.15, -0.1) is 0 Å². The van der Waals surface area contributed by atoms with Crippen LogP contribution in [0.25, 0.3) is 0 Å². The summed E-state index contributed by atoms with van der Waals surface area (Å²) >= 11 is 0. The van der Waals surface area contributed by atoms with E-state index in [-0.39, 0.29) is 0 Å². The minimum atomic E-state index is 0.562. The molecule has 1 heteroatoms. The lowest BCUT2D eigenvalue weighted by Crippen LogP contribution is -2.32. The number of aryl methyl sites for hydroxylation is 1. The fraction of sp³-hybridized carbons (Fsp3) is 0.625. The Morgan fingerprint density at radius 3 is 2.18 bits per heavy atom. The van der Waals surface area contributed by atoms with Crippen molar-refractivity contribution >= 4 is 0 Å². The van der Waals surface area contributed by atoms with E-state index in [1.165, 1.54) is 24.0 Å². The predicted octanol–water partition coefficient (Wildman–Crippen LogP) is 4.13. The molecule has 0 saturated carbocycles. The molecule has 0 aliphatic carbocycles. The third kappa shape index (κ3) is 4.16. The second kappa shape index (κ2) is 7.50. The molecule has 0 aromatic heterocycles. The largest absolute Gasteiger partial charge is 0.314 e. The highest BCUT2D eigenvalue weighted by Crippen LogP contribution is 2.23. The highest BCUT2D eigenvalue weighted by Gasteiger charge is 2.16. The average Bonchev–Trinajstić information content (AvgIpc) is 2.38. The Kier molecular flexibility index (Phi) is 6.28. The second-order valence-corrected chi connectivity index (χ2v) is 4.85. The summed E-state index contributed by atoms with van der Waals surface area (Å²) in [5.74, 6) is 0.632. The summed E-state index contributed by atoms with van der Waals surface area (Å²) < 4.78 is 0. The Morgan fingerprint density at radius 1 is 1.06 bits per heavy atom. The van der Waals surface area contributed by atoms with Gasteiger partial charge in [0.15, 0.2) is 0 Å². The van der Waals surface area contributed by atoms with E-state index in [0.717, 1.165) is 13.0 Å². The zero-order chi connectivity index (χ0) is 12.7. The van der Waals surface area contributed by atoms with E-state index in [9.17, 15) is 0 Å². The van der Waals surface area contributed by atoms with Gasteiger partial charge >= 0.3 is 0 Å². The summed E-state index contributed by atoms with van der Waals surface area (Å²) in [6.45, 7) is 10.1. The summed E-state index contributed by atoms with van der Waals surface area (Å²) in [6, 6.07) is 9.70. The van der Waals surface area contributed by atoms with Crippen molar-refractivity contribution in [2.75, 3.05) is 6.54 Å². The third-order valence-corrected chi connectivity index (χ3v) is 3.58. The Labute approximate surface area is 107 Å². The molecule has 1 nitrogen and oxygen atoms in total. The third-order valence-electron chi connectivity index (χ3n) is 3.58. The second-order valence-electron chi connectivity index (χ2n) is 4.85. The fourth-order valence-corrected chi connectivity index (χ4v) is 2.39. The summed E-state index contributed by atoms with van der Waals surface area (Å²) in [7, 11) is 0. The van der Waals surface area contributed by atoms with Gasteiger partial charge in [0, 0.05) is 6.04 Å². The Morgan fingerprint density at radius 2 is 1.71 bits per heavy atom. The zero-order valence-electron chi connectivity index (χ0n) is 11.8. The van der Waals surface area contributed by atoms with Gasteiger partial charge in [-0.2, -0.15) is 0 Å². The van der Waals surface area contributed by atoms with Crippen LogP contribution in [0.2, 0.25) is 0 Å². The molecule has 0 heterocycles. The number of rotatable bonds is 7. The lowest BCUT2D eigenvalue weighted by molar-refractivity contribution is 0.450. The van der Waals surface area contributed by atoms with Gasteiger partial charge < -0.3 is 5.32 Å². The maximum absolute atomic E-state index is 3.61. The van der Waals surface area contributed by atoms with Gasteiger partial charge in [0.25, 0.3) is 0 Å². The summed E-state index contributed by atoms with van der Waals surface area (Å²) in [5, 5.41) is 3.61. The first kappa shape index (κ1) is 14.2. The molecule has 0 aliphatic heterocycles. The smallest absolute Gasteiger partial charge is 0.0107 e. The van der Waals surface area contributed by atoms with E-state index in [1.54, 1.807) is 0 Å². The van der Waals surface area contributed by atoms with Crippen molar-refractivity contribution in [2.45, 2.75) is 58.9 Å². The Balaban J connectivity index is 2.70. The van der Waals surface area contributed by atoms with E-state index >= 15 is 0 Å². The van der Waals surface area contributed by atoms with Crippen LogP contribution in [0.3, 0.4) is 0 Å². The molecule has 0 amide bonds. The molecule has 0 spiro atoms. The zero-order valence-corrected chi connectivity index (χ0v) is 11.8. The van der Waals surface area contributed by atoms with E-state index in [1.807, 2.05) is 0 Å². The number of nitrogens with one attached hydrogen (secondary N) is 1. The van der Waals surface area contributed by atoms with Gasteiger partial charge in [0.05, 0.1) is 0 Å². The van der Waals surface area contributed by atoms with Crippen LogP contribution in [0.4, 0.5) is 0 Å². The maximum atomic E-state index is 3.61. The van der Waals surface area contributed by atoms with Crippen molar-refractivity contribution in [3.8, 4) is 0 Å². The van der Waals surface area contributed by atoms with Crippen LogP contribution in [0.5, 0.6) is 0 Å². The molecular formula is C16H27N. The molecule has 1 aromatic carbocycles. The molecule has 0 aliphatic rings. The number of benzene rings is 1. The van der Waals surface area contributed by atoms with Gasteiger partial charge in [0.1, 0.15) is 0 Å². The first-order valence-electron chi connectivity index (χ1n) is 7.05. The van der Waals surface area contributed by atoms with Crippen molar-refractivity contribution in [1.29, 1.82) is 0 Å². The molecule has 96 valence electrons. The van der Waals surface area contributed by atoms with E-state index < -0.39 is 0 Å². The van der Waals surface area contributed by atoms with Crippen molar-refractivity contribution in [3.63, 3.8) is 0 Å². The van der Waals surface area contributed by atoms with Crippen LogP contribution in [0, 0.1) is 0 Å². The van der Waals surface area contributed by atoms with E-state index in [0.29, 0.717) is 12.0 Å². The molecule has 17 heavy (non-hydrogen) atoms. The van der Waals surface area contributed by atoms with Gasteiger partial charge in [-0.05, 0) is 49.8 Å². The molecule has 0 saturated heterocycles. The van der Waals surface area contributed by atoms with Crippen molar-refractivity contribution < 1.29 is 0 Å².